The van der Waals surface area contributed by atoms with E-state index in [1.54, 1.807) is 24.3 Å². The summed E-state index contributed by atoms with van der Waals surface area (Å²) in [6.45, 7) is 0.754. The standard InChI is InChI=1S/C20H21FO3/c21-18-9-8-16(12-19(18)24-17-6-2-1-3-7-17)13-23-15-20(14-22)10-4-5-11-20/h1-3,6-9,12,14H,4-5,10-11,13,15H2. The lowest BCUT2D eigenvalue weighted by atomic mass is 9.89. The lowest BCUT2D eigenvalue weighted by Gasteiger charge is -2.21. The van der Waals surface area contributed by atoms with Gasteiger partial charge in [0.1, 0.15) is 12.0 Å². The number of hydrogen-bond donors (Lipinski definition) is 0. The van der Waals surface area contributed by atoms with Gasteiger partial charge in [-0.25, -0.2) is 4.39 Å². The van der Waals surface area contributed by atoms with Crippen LogP contribution in [0.25, 0.3) is 0 Å². The van der Waals surface area contributed by atoms with Crippen molar-refractivity contribution >= 4 is 6.29 Å². The fraction of sp³-hybridized carbons (Fsp3) is 0.350. The topological polar surface area (TPSA) is 35.5 Å². The Kier molecular flexibility index (Phi) is 5.26. The third-order valence-corrected chi connectivity index (χ3v) is 4.47. The number of benzene rings is 2. The van der Waals surface area contributed by atoms with E-state index >= 15 is 0 Å². The van der Waals surface area contributed by atoms with E-state index in [0.717, 1.165) is 37.5 Å². The molecule has 1 aliphatic carbocycles. The summed E-state index contributed by atoms with van der Waals surface area (Å²) in [6, 6.07) is 13.8. The van der Waals surface area contributed by atoms with Gasteiger partial charge in [-0.3, -0.25) is 0 Å². The van der Waals surface area contributed by atoms with Crippen molar-refractivity contribution in [2.24, 2.45) is 5.41 Å². The Bertz CT molecular complexity index is 679. The minimum absolute atomic E-state index is 0.174. The monoisotopic (exact) mass is 328 g/mol. The Hall–Kier alpha value is -2.20. The maximum atomic E-state index is 13.9. The van der Waals surface area contributed by atoms with E-state index in [1.165, 1.54) is 6.07 Å². The second-order valence-corrected chi connectivity index (χ2v) is 6.36. The van der Waals surface area contributed by atoms with Gasteiger partial charge in [-0.15, -0.1) is 0 Å². The van der Waals surface area contributed by atoms with Crippen LogP contribution in [0.2, 0.25) is 0 Å². The Balaban J connectivity index is 1.62. The zero-order valence-electron chi connectivity index (χ0n) is 13.5. The van der Waals surface area contributed by atoms with Crippen LogP contribution in [0.4, 0.5) is 4.39 Å². The van der Waals surface area contributed by atoms with Crippen molar-refractivity contribution < 1.29 is 18.7 Å². The van der Waals surface area contributed by atoms with Crippen LogP contribution >= 0.6 is 0 Å². The molecule has 0 radical (unpaired) electrons. The van der Waals surface area contributed by atoms with Crippen LogP contribution < -0.4 is 4.74 Å². The van der Waals surface area contributed by atoms with E-state index < -0.39 is 5.82 Å². The maximum Gasteiger partial charge on any atom is 0.165 e. The molecular weight excluding hydrogens is 307 g/mol. The average Bonchev–Trinajstić information content (AvgIpc) is 3.08. The number of para-hydroxylation sites is 1. The molecule has 0 spiro atoms. The summed E-state index contributed by atoms with van der Waals surface area (Å²) in [7, 11) is 0. The average molecular weight is 328 g/mol. The Morgan fingerprint density at radius 3 is 2.54 bits per heavy atom. The molecule has 0 amide bonds. The van der Waals surface area contributed by atoms with Crippen molar-refractivity contribution in [1.82, 2.24) is 0 Å². The van der Waals surface area contributed by atoms with Crippen molar-refractivity contribution in [2.75, 3.05) is 6.61 Å². The van der Waals surface area contributed by atoms with Gasteiger partial charge < -0.3 is 14.3 Å². The van der Waals surface area contributed by atoms with Crippen LogP contribution in [-0.4, -0.2) is 12.9 Å². The van der Waals surface area contributed by atoms with Gasteiger partial charge >= 0.3 is 0 Å². The van der Waals surface area contributed by atoms with E-state index in [2.05, 4.69) is 0 Å². The number of carbonyl (C=O) groups excluding carboxylic acids is 1. The SMILES string of the molecule is O=CC1(COCc2ccc(F)c(Oc3ccccc3)c2)CCCC1. The van der Waals surface area contributed by atoms with Crippen LogP contribution in [0.5, 0.6) is 11.5 Å². The molecule has 3 rings (SSSR count). The van der Waals surface area contributed by atoms with Gasteiger partial charge in [0, 0.05) is 5.41 Å². The minimum atomic E-state index is -0.414. The van der Waals surface area contributed by atoms with Gasteiger partial charge in [-0.05, 0) is 42.7 Å². The molecule has 126 valence electrons. The normalized spacial score (nSPS) is 16.0. The number of rotatable bonds is 7. The van der Waals surface area contributed by atoms with E-state index in [4.69, 9.17) is 9.47 Å². The number of hydrogen-bond acceptors (Lipinski definition) is 3. The molecule has 0 atom stereocenters. The Labute approximate surface area is 141 Å². The molecule has 3 nitrogen and oxygen atoms in total. The molecule has 4 heteroatoms. The molecule has 1 fully saturated rings. The molecule has 0 N–H and O–H groups in total. The second kappa shape index (κ2) is 7.58. The zero-order valence-corrected chi connectivity index (χ0v) is 13.5. The lowest BCUT2D eigenvalue weighted by molar-refractivity contribution is -0.119. The van der Waals surface area contributed by atoms with Crippen LogP contribution in [-0.2, 0) is 16.1 Å². The zero-order chi connectivity index (χ0) is 16.8. The first-order valence-electron chi connectivity index (χ1n) is 8.26. The van der Waals surface area contributed by atoms with Gasteiger partial charge in [0.15, 0.2) is 11.6 Å². The van der Waals surface area contributed by atoms with Crippen molar-refractivity contribution in [3.05, 3.63) is 59.9 Å². The Morgan fingerprint density at radius 1 is 1.08 bits per heavy atom. The summed E-state index contributed by atoms with van der Waals surface area (Å²) >= 11 is 0. The molecule has 0 unspecified atom stereocenters. The first kappa shape index (κ1) is 16.7. The third-order valence-electron chi connectivity index (χ3n) is 4.47. The smallest absolute Gasteiger partial charge is 0.165 e. The van der Waals surface area contributed by atoms with Gasteiger partial charge in [-0.2, -0.15) is 0 Å². The molecule has 24 heavy (non-hydrogen) atoms. The van der Waals surface area contributed by atoms with Gasteiger partial charge in [0.05, 0.1) is 13.2 Å². The van der Waals surface area contributed by atoms with Crippen LogP contribution in [0.15, 0.2) is 48.5 Å². The number of carbonyl (C=O) groups is 1. The summed E-state index contributed by atoms with van der Waals surface area (Å²) < 4.78 is 25.2. The van der Waals surface area contributed by atoms with Gasteiger partial charge in [0.25, 0.3) is 0 Å². The molecule has 0 aliphatic heterocycles. The van der Waals surface area contributed by atoms with Crippen molar-refractivity contribution in [1.29, 1.82) is 0 Å². The van der Waals surface area contributed by atoms with Crippen LogP contribution in [0.1, 0.15) is 31.2 Å². The summed E-state index contributed by atoms with van der Waals surface area (Å²) in [5.74, 6) is 0.344. The fourth-order valence-electron chi connectivity index (χ4n) is 3.08. The van der Waals surface area contributed by atoms with Gasteiger partial charge in [-0.1, -0.05) is 37.1 Å². The molecule has 0 heterocycles. The highest BCUT2D eigenvalue weighted by Crippen LogP contribution is 2.36. The fourth-order valence-corrected chi connectivity index (χ4v) is 3.08. The van der Waals surface area contributed by atoms with Crippen LogP contribution in [0.3, 0.4) is 0 Å². The summed E-state index contributed by atoms with van der Waals surface area (Å²) in [6.07, 6.45) is 4.97. The van der Waals surface area contributed by atoms with Crippen molar-refractivity contribution in [3.8, 4) is 11.5 Å². The van der Waals surface area contributed by atoms with Crippen molar-refractivity contribution in [2.45, 2.75) is 32.3 Å². The highest BCUT2D eigenvalue weighted by atomic mass is 19.1. The number of ether oxygens (including phenoxy) is 2. The molecular formula is C20H21FO3. The van der Waals surface area contributed by atoms with E-state index in [1.807, 2.05) is 18.2 Å². The summed E-state index contributed by atoms with van der Waals surface area (Å²) in [4.78, 5) is 11.3. The van der Waals surface area contributed by atoms with E-state index in [-0.39, 0.29) is 11.2 Å². The molecule has 1 saturated carbocycles. The highest BCUT2D eigenvalue weighted by Gasteiger charge is 2.33. The molecule has 0 bridgehead atoms. The van der Waals surface area contributed by atoms with Gasteiger partial charge in [0.2, 0.25) is 0 Å². The number of aldehydes is 1. The molecule has 2 aromatic rings. The van der Waals surface area contributed by atoms with Crippen LogP contribution in [0, 0.1) is 11.2 Å². The summed E-state index contributed by atoms with van der Waals surface area (Å²) in [5, 5.41) is 0. The largest absolute Gasteiger partial charge is 0.454 e. The molecule has 2 aromatic carbocycles. The van der Waals surface area contributed by atoms with Crippen molar-refractivity contribution in [3.63, 3.8) is 0 Å². The molecule has 0 saturated heterocycles. The first-order valence-corrected chi connectivity index (χ1v) is 8.26. The highest BCUT2D eigenvalue weighted by molar-refractivity contribution is 5.60. The maximum absolute atomic E-state index is 13.9. The predicted molar refractivity (Wildman–Crippen MR) is 89.5 cm³/mol. The quantitative estimate of drug-likeness (QED) is 0.679. The Morgan fingerprint density at radius 2 is 1.83 bits per heavy atom. The first-order chi connectivity index (χ1) is 11.7. The van der Waals surface area contributed by atoms with E-state index in [0.29, 0.717) is 19.0 Å². The summed E-state index contributed by atoms with van der Waals surface area (Å²) in [5.41, 5.74) is 0.491. The second-order valence-electron chi connectivity index (χ2n) is 6.36. The molecule has 0 aromatic heterocycles. The molecule has 1 aliphatic rings. The number of halogens is 1. The predicted octanol–water partition coefficient (Wildman–Crippen LogP) is 4.89. The minimum Gasteiger partial charge on any atom is -0.454 e. The third kappa shape index (κ3) is 4.01. The van der Waals surface area contributed by atoms with E-state index in [9.17, 15) is 9.18 Å². The lowest BCUT2D eigenvalue weighted by Crippen LogP contribution is -2.25.